The van der Waals surface area contributed by atoms with Crippen LogP contribution < -0.4 is 5.73 Å². The van der Waals surface area contributed by atoms with E-state index in [0.717, 1.165) is 0 Å². The van der Waals surface area contributed by atoms with E-state index in [0.29, 0.717) is 5.69 Å². The van der Waals surface area contributed by atoms with Crippen molar-refractivity contribution >= 4 is 5.97 Å². The number of rotatable bonds is 2. The number of imidazole rings is 1. The first-order valence-electron chi connectivity index (χ1n) is 4.35. The van der Waals surface area contributed by atoms with Crippen LogP contribution in [0.25, 0.3) is 0 Å². The van der Waals surface area contributed by atoms with E-state index in [9.17, 15) is 4.79 Å². The Labute approximate surface area is 82.6 Å². The van der Waals surface area contributed by atoms with Gasteiger partial charge in [0, 0.05) is 11.7 Å². The zero-order valence-corrected chi connectivity index (χ0v) is 8.56. The molecule has 0 bridgehead atoms. The SMILES string of the molecule is CC(C)(C)n1cnc(C(N)C(=O)O)c1. The summed E-state index contributed by atoms with van der Waals surface area (Å²) in [5.74, 6) is -1.07. The van der Waals surface area contributed by atoms with E-state index in [1.54, 1.807) is 12.5 Å². The van der Waals surface area contributed by atoms with Crippen LogP contribution in [-0.2, 0) is 10.3 Å². The smallest absolute Gasteiger partial charge is 0.326 e. The summed E-state index contributed by atoms with van der Waals surface area (Å²) in [6.45, 7) is 6.01. The molecule has 78 valence electrons. The average molecular weight is 197 g/mol. The van der Waals surface area contributed by atoms with Gasteiger partial charge in [-0.3, -0.25) is 4.79 Å². The van der Waals surface area contributed by atoms with E-state index in [1.165, 1.54) is 0 Å². The predicted molar refractivity (Wildman–Crippen MR) is 51.8 cm³/mol. The van der Waals surface area contributed by atoms with E-state index in [4.69, 9.17) is 10.8 Å². The fraction of sp³-hybridized carbons (Fsp3) is 0.556. The molecule has 0 spiro atoms. The summed E-state index contributed by atoms with van der Waals surface area (Å²) >= 11 is 0. The zero-order chi connectivity index (χ0) is 10.9. The molecule has 1 aromatic heterocycles. The molecular formula is C9H15N3O2. The molecule has 3 N–H and O–H groups in total. The monoisotopic (exact) mass is 197 g/mol. The number of nitrogens with zero attached hydrogens (tertiary/aromatic N) is 2. The summed E-state index contributed by atoms with van der Waals surface area (Å²) in [4.78, 5) is 14.5. The molecule has 1 rings (SSSR count). The molecule has 0 aliphatic carbocycles. The highest BCUT2D eigenvalue weighted by Crippen LogP contribution is 2.16. The van der Waals surface area contributed by atoms with Crippen molar-refractivity contribution in [2.75, 3.05) is 0 Å². The maximum absolute atomic E-state index is 10.6. The minimum Gasteiger partial charge on any atom is -0.480 e. The summed E-state index contributed by atoms with van der Waals surface area (Å²) < 4.78 is 1.84. The fourth-order valence-electron chi connectivity index (χ4n) is 0.992. The second kappa shape index (κ2) is 3.42. The average Bonchev–Trinajstić information content (AvgIpc) is 2.49. The van der Waals surface area contributed by atoms with Gasteiger partial charge in [0.05, 0.1) is 12.0 Å². The maximum atomic E-state index is 10.6. The van der Waals surface area contributed by atoms with Crippen LogP contribution in [-0.4, -0.2) is 20.6 Å². The Kier molecular flexibility index (Phi) is 2.62. The molecule has 0 aliphatic rings. The van der Waals surface area contributed by atoms with Crippen LogP contribution in [0.15, 0.2) is 12.5 Å². The lowest BCUT2D eigenvalue weighted by Crippen LogP contribution is -2.22. The Morgan fingerprint density at radius 3 is 2.57 bits per heavy atom. The van der Waals surface area contributed by atoms with Crippen LogP contribution in [0.4, 0.5) is 0 Å². The first kappa shape index (κ1) is 10.7. The Morgan fingerprint density at radius 2 is 2.21 bits per heavy atom. The van der Waals surface area contributed by atoms with Crippen molar-refractivity contribution in [1.29, 1.82) is 0 Å². The quantitative estimate of drug-likeness (QED) is 0.732. The predicted octanol–water partition coefficient (Wildman–Crippen LogP) is 0.722. The van der Waals surface area contributed by atoms with Gasteiger partial charge in [-0.05, 0) is 20.8 Å². The Hall–Kier alpha value is -1.36. The molecular weight excluding hydrogens is 182 g/mol. The van der Waals surface area contributed by atoms with Crippen molar-refractivity contribution < 1.29 is 9.90 Å². The highest BCUT2D eigenvalue weighted by molar-refractivity contribution is 5.74. The molecule has 5 heteroatoms. The lowest BCUT2D eigenvalue weighted by Gasteiger charge is -2.19. The second-order valence-electron chi connectivity index (χ2n) is 4.19. The molecule has 14 heavy (non-hydrogen) atoms. The second-order valence-corrected chi connectivity index (χ2v) is 4.19. The van der Waals surface area contributed by atoms with Gasteiger partial charge in [-0.25, -0.2) is 4.98 Å². The summed E-state index contributed by atoms with van der Waals surface area (Å²) in [5, 5.41) is 8.67. The minimum atomic E-state index is -1.07. The van der Waals surface area contributed by atoms with E-state index >= 15 is 0 Å². The number of carboxylic acids is 1. The number of hydrogen-bond acceptors (Lipinski definition) is 3. The van der Waals surface area contributed by atoms with Gasteiger partial charge in [-0.15, -0.1) is 0 Å². The molecule has 0 saturated heterocycles. The third-order valence-corrected chi connectivity index (χ3v) is 1.96. The van der Waals surface area contributed by atoms with E-state index in [2.05, 4.69) is 4.98 Å². The van der Waals surface area contributed by atoms with E-state index < -0.39 is 12.0 Å². The van der Waals surface area contributed by atoms with Crippen molar-refractivity contribution in [3.63, 3.8) is 0 Å². The van der Waals surface area contributed by atoms with Crippen molar-refractivity contribution in [3.05, 3.63) is 18.2 Å². The van der Waals surface area contributed by atoms with Crippen LogP contribution in [0.5, 0.6) is 0 Å². The number of aromatic nitrogens is 2. The molecule has 5 nitrogen and oxygen atoms in total. The molecule has 0 fully saturated rings. The summed E-state index contributed by atoms with van der Waals surface area (Å²) in [6.07, 6.45) is 3.26. The molecule has 1 heterocycles. The third kappa shape index (κ3) is 2.11. The van der Waals surface area contributed by atoms with Crippen LogP contribution in [0, 0.1) is 0 Å². The normalized spacial score (nSPS) is 14.0. The van der Waals surface area contributed by atoms with Crippen LogP contribution in [0.2, 0.25) is 0 Å². The molecule has 0 aromatic carbocycles. The number of aliphatic carboxylic acids is 1. The van der Waals surface area contributed by atoms with Gasteiger partial charge in [0.15, 0.2) is 0 Å². The summed E-state index contributed by atoms with van der Waals surface area (Å²) in [5.41, 5.74) is 5.69. The van der Waals surface area contributed by atoms with Gasteiger partial charge in [-0.1, -0.05) is 0 Å². The number of nitrogens with two attached hydrogens (primary N) is 1. The van der Waals surface area contributed by atoms with E-state index in [1.807, 2.05) is 25.3 Å². The van der Waals surface area contributed by atoms with Crippen molar-refractivity contribution in [3.8, 4) is 0 Å². The molecule has 0 amide bonds. The fourth-order valence-corrected chi connectivity index (χ4v) is 0.992. The summed E-state index contributed by atoms with van der Waals surface area (Å²) in [6, 6.07) is -1.04. The largest absolute Gasteiger partial charge is 0.480 e. The van der Waals surface area contributed by atoms with Crippen LogP contribution >= 0.6 is 0 Å². The van der Waals surface area contributed by atoms with E-state index in [-0.39, 0.29) is 5.54 Å². The van der Waals surface area contributed by atoms with Crippen LogP contribution in [0.1, 0.15) is 32.5 Å². The lowest BCUT2D eigenvalue weighted by molar-refractivity contribution is -0.138. The molecule has 1 aromatic rings. The van der Waals surface area contributed by atoms with Gasteiger partial charge < -0.3 is 15.4 Å². The first-order chi connectivity index (χ1) is 6.32. The molecule has 0 saturated carbocycles. The molecule has 0 radical (unpaired) electrons. The number of hydrogen-bond donors (Lipinski definition) is 2. The number of carboxylic acid groups (broad SMARTS) is 1. The van der Waals surface area contributed by atoms with Gasteiger partial charge in [0.2, 0.25) is 0 Å². The lowest BCUT2D eigenvalue weighted by atomic mass is 10.1. The van der Waals surface area contributed by atoms with Crippen molar-refractivity contribution in [2.45, 2.75) is 32.4 Å². The number of carbonyl (C=O) groups is 1. The van der Waals surface area contributed by atoms with Crippen molar-refractivity contribution in [1.82, 2.24) is 9.55 Å². The molecule has 1 atom stereocenters. The topological polar surface area (TPSA) is 81.1 Å². The third-order valence-electron chi connectivity index (χ3n) is 1.96. The standard InChI is InChI=1S/C9H15N3O2/c1-9(2,3)12-4-6(11-5-12)7(10)8(13)14/h4-5,7H,10H2,1-3H3,(H,13,14). The Balaban J connectivity index is 2.94. The molecule has 0 aliphatic heterocycles. The highest BCUT2D eigenvalue weighted by Gasteiger charge is 2.20. The summed E-state index contributed by atoms with van der Waals surface area (Å²) in [7, 11) is 0. The van der Waals surface area contributed by atoms with Gasteiger partial charge in [0.25, 0.3) is 0 Å². The van der Waals surface area contributed by atoms with Crippen LogP contribution in [0.3, 0.4) is 0 Å². The minimum absolute atomic E-state index is 0.108. The first-order valence-corrected chi connectivity index (χ1v) is 4.35. The zero-order valence-electron chi connectivity index (χ0n) is 8.56. The van der Waals surface area contributed by atoms with Gasteiger partial charge in [0.1, 0.15) is 6.04 Å². The molecule has 1 unspecified atom stereocenters. The van der Waals surface area contributed by atoms with Crippen molar-refractivity contribution in [2.24, 2.45) is 5.73 Å². The van der Waals surface area contributed by atoms with Gasteiger partial charge >= 0.3 is 5.97 Å². The van der Waals surface area contributed by atoms with Gasteiger partial charge in [-0.2, -0.15) is 0 Å². The highest BCUT2D eigenvalue weighted by atomic mass is 16.4. The maximum Gasteiger partial charge on any atom is 0.326 e. The Morgan fingerprint density at radius 1 is 1.64 bits per heavy atom. The Bertz CT molecular complexity index is 338.